The number of halogens is 3. The minimum atomic E-state index is -4.71. The molecule has 0 saturated heterocycles. The first-order chi connectivity index (χ1) is 19.3. The molecule has 4 aromatic rings. The van der Waals surface area contributed by atoms with Gasteiger partial charge in [0.1, 0.15) is 11.5 Å². The predicted octanol–water partition coefficient (Wildman–Crippen LogP) is 6.17. The molecule has 0 aliphatic carbocycles. The van der Waals surface area contributed by atoms with E-state index in [1.165, 1.54) is 0 Å². The molecule has 0 spiro atoms. The zero-order chi connectivity index (χ0) is 29.9. The number of furan rings is 1. The van der Waals surface area contributed by atoms with Crippen molar-refractivity contribution in [3.8, 4) is 11.1 Å². The van der Waals surface area contributed by atoms with E-state index in [1.54, 1.807) is 80.6 Å². The van der Waals surface area contributed by atoms with Crippen molar-refractivity contribution in [1.82, 2.24) is 4.31 Å². The fourth-order valence-electron chi connectivity index (χ4n) is 4.37. The number of hydrogen-bond acceptors (Lipinski definition) is 5. The fourth-order valence-corrected chi connectivity index (χ4v) is 7.07. The molecule has 0 saturated carbocycles. The highest BCUT2D eigenvalue weighted by Crippen LogP contribution is 2.33. The highest BCUT2D eigenvalue weighted by molar-refractivity contribution is 7.89. The lowest BCUT2D eigenvalue weighted by molar-refractivity contribution is -0.153. The fraction of sp³-hybridized carbons (Fsp3) is 0.207. The van der Waals surface area contributed by atoms with Gasteiger partial charge in [0.2, 0.25) is 15.8 Å². The highest BCUT2D eigenvalue weighted by atomic mass is 32.2. The van der Waals surface area contributed by atoms with E-state index in [2.05, 4.69) is 0 Å². The van der Waals surface area contributed by atoms with Crippen molar-refractivity contribution < 1.29 is 40.1 Å². The number of sulfonamides is 1. The Morgan fingerprint density at radius 3 is 2.12 bits per heavy atom. The highest BCUT2D eigenvalue weighted by Gasteiger charge is 2.36. The van der Waals surface area contributed by atoms with Crippen molar-refractivity contribution in [2.45, 2.75) is 42.9 Å². The summed E-state index contributed by atoms with van der Waals surface area (Å²) in [5, 5.41) is 8.93. The van der Waals surface area contributed by atoms with E-state index < -0.39 is 51.0 Å². The van der Waals surface area contributed by atoms with E-state index >= 15 is 0 Å². The minimum absolute atomic E-state index is 0.0744. The number of rotatable bonds is 10. The van der Waals surface area contributed by atoms with Crippen LogP contribution in [0, 0.1) is 13.8 Å². The second kappa shape index (κ2) is 12.0. The van der Waals surface area contributed by atoms with Gasteiger partial charge in [-0.3, -0.25) is 9.00 Å². The lowest BCUT2D eigenvalue weighted by Crippen LogP contribution is -2.31. The molecule has 0 amide bonds. The number of carboxylic acids is 1. The molecule has 1 heterocycles. The molecule has 1 atom stereocenters. The maximum absolute atomic E-state index is 13.8. The number of alkyl halides is 3. The number of benzene rings is 3. The number of aryl methyl sites for hydroxylation is 2. The summed E-state index contributed by atoms with van der Waals surface area (Å²) in [6, 6.07) is 20.4. The van der Waals surface area contributed by atoms with E-state index in [4.69, 9.17) is 9.52 Å². The van der Waals surface area contributed by atoms with Crippen molar-refractivity contribution in [1.29, 1.82) is 0 Å². The van der Waals surface area contributed by atoms with Crippen LogP contribution in [0.4, 0.5) is 13.2 Å². The van der Waals surface area contributed by atoms with E-state index in [1.807, 2.05) is 0 Å². The SMILES string of the molecule is Cc1cccc(C)c1S(=O)(=O)N(Cc1ccc(-c2cccc(S(=O)CC(=O)O)c2)cc1)Cc1ccc(C(F)(F)F)o1. The number of carboxylic acid groups (broad SMARTS) is 1. The van der Waals surface area contributed by atoms with E-state index in [0.717, 1.165) is 16.4 Å². The summed E-state index contributed by atoms with van der Waals surface area (Å²) in [7, 11) is -5.88. The number of carbonyl (C=O) groups is 1. The van der Waals surface area contributed by atoms with Crippen LogP contribution in [-0.4, -0.2) is 33.8 Å². The summed E-state index contributed by atoms with van der Waals surface area (Å²) in [6.07, 6.45) is -4.71. The van der Waals surface area contributed by atoms with Gasteiger partial charge in [0, 0.05) is 11.4 Å². The van der Waals surface area contributed by atoms with Crippen LogP contribution >= 0.6 is 0 Å². The Bertz CT molecular complexity index is 1680. The molecule has 3 aromatic carbocycles. The standard InChI is InChI=1S/C29H26F3NO6S2/c1-19-5-3-6-20(2)28(19)41(37,38)33(17-24-13-14-26(39-24)29(30,31)32)16-21-9-11-22(12-10-21)23-7-4-8-25(15-23)40(36)18-27(34)35/h3-15H,16-18H2,1-2H3,(H,34,35). The molecule has 216 valence electrons. The van der Waals surface area contributed by atoms with Gasteiger partial charge in [0.05, 0.1) is 22.2 Å². The van der Waals surface area contributed by atoms with Crippen molar-refractivity contribution in [3.05, 3.63) is 107 Å². The van der Waals surface area contributed by atoms with E-state index in [-0.39, 0.29) is 17.2 Å². The molecule has 7 nitrogen and oxygen atoms in total. The van der Waals surface area contributed by atoms with Crippen molar-refractivity contribution in [3.63, 3.8) is 0 Å². The third kappa shape index (κ3) is 7.13. The van der Waals surface area contributed by atoms with Crippen LogP contribution < -0.4 is 0 Å². The maximum Gasteiger partial charge on any atom is 0.449 e. The first kappa shape index (κ1) is 30.2. The van der Waals surface area contributed by atoms with Crippen LogP contribution in [0.2, 0.25) is 0 Å². The van der Waals surface area contributed by atoms with Gasteiger partial charge in [0.25, 0.3) is 0 Å². The summed E-state index contributed by atoms with van der Waals surface area (Å²) in [5.74, 6) is -3.07. The lowest BCUT2D eigenvalue weighted by Gasteiger charge is -2.24. The molecular weight excluding hydrogens is 579 g/mol. The van der Waals surface area contributed by atoms with Crippen molar-refractivity contribution in [2.75, 3.05) is 5.75 Å². The molecule has 41 heavy (non-hydrogen) atoms. The summed E-state index contributed by atoms with van der Waals surface area (Å²) in [4.78, 5) is 11.4. The average Bonchev–Trinajstić information content (AvgIpc) is 3.38. The summed E-state index contributed by atoms with van der Waals surface area (Å²) >= 11 is 0. The molecule has 4 rings (SSSR count). The Hall–Kier alpha value is -3.74. The minimum Gasteiger partial charge on any atom is -0.481 e. The van der Waals surface area contributed by atoms with Crippen LogP contribution in [0.5, 0.6) is 0 Å². The summed E-state index contributed by atoms with van der Waals surface area (Å²) < 4.78 is 85.4. The van der Waals surface area contributed by atoms with Gasteiger partial charge >= 0.3 is 12.1 Å². The topological polar surface area (TPSA) is 105 Å². The largest absolute Gasteiger partial charge is 0.481 e. The Kier molecular flexibility index (Phi) is 8.86. The molecule has 0 radical (unpaired) electrons. The summed E-state index contributed by atoms with van der Waals surface area (Å²) in [6.45, 7) is 2.73. The summed E-state index contributed by atoms with van der Waals surface area (Å²) in [5.41, 5.74) is 2.97. The quantitative estimate of drug-likeness (QED) is 0.232. The number of nitrogens with zero attached hydrogens (tertiary/aromatic N) is 1. The van der Waals surface area contributed by atoms with Gasteiger partial charge < -0.3 is 9.52 Å². The first-order valence-electron chi connectivity index (χ1n) is 12.3. The second-order valence-corrected chi connectivity index (χ2v) is 12.7. The predicted molar refractivity (Wildman–Crippen MR) is 147 cm³/mol. The number of aliphatic carboxylic acids is 1. The van der Waals surface area contributed by atoms with E-state index in [9.17, 15) is 30.6 Å². The lowest BCUT2D eigenvalue weighted by atomic mass is 10.0. The monoisotopic (exact) mass is 605 g/mol. The van der Waals surface area contributed by atoms with Gasteiger partial charge in [-0.15, -0.1) is 0 Å². The normalized spacial score (nSPS) is 12.9. The molecule has 0 bridgehead atoms. The van der Waals surface area contributed by atoms with Crippen LogP contribution in [0.25, 0.3) is 11.1 Å². The smallest absolute Gasteiger partial charge is 0.449 e. The number of hydrogen-bond donors (Lipinski definition) is 1. The zero-order valence-corrected chi connectivity index (χ0v) is 23.6. The molecule has 12 heteroatoms. The van der Waals surface area contributed by atoms with Crippen LogP contribution in [0.15, 0.2) is 93.1 Å². The Labute approximate surface area is 237 Å². The first-order valence-corrected chi connectivity index (χ1v) is 15.0. The van der Waals surface area contributed by atoms with Gasteiger partial charge in [-0.2, -0.15) is 17.5 Å². The van der Waals surface area contributed by atoms with Gasteiger partial charge in [-0.25, -0.2) is 8.42 Å². The molecule has 0 fully saturated rings. The Morgan fingerprint density at radius 2 is 1.54 bits per heavy atom. The van der Waals surface area contributed by atoms with Crippen LogP contribution in [-0.2, 0) is 44.9 Å². The van der Waals surface area contributed by atoms with Crippen molar-refractivity contribution in [2.24, 2.45) is 0 Å². The zero-order valence-electron chi connectivity index (χ0n) is 22.0. The molecule has 1 unspecified atom stereocenters. The molecule has 1 aromatic heterocycles. The van der Waals surface area contributed by atoms with Crippen molar-refractivity contribution >= 4 is 26.8 Å². The van der Waals surface area contributed by atoms with E-state index in [0.29, 0.717) is 32.7 Å². The molecular formula is C29H26F3NO6S2. The molecule has 1 N–H and O–H groups in total. The van der Waals surface area contributed by atoms with Crippen LogP contribution in [0.1, 0.15) is 28.2 Å². The van der Waals surface area contributed by atoms with Gasteiger partial charge in [-0.05, 0) is 65.9 Å². The molecule has 0 aliphatic rings. The van der Waals surface area contributed by atoms with Crippen LogP contribution in [0.3, 0.4) is 0 Å². The average molecular weight is 606 g/mol. The third-order valence-electron chi connectivity index (χ3n) is 6.28. The Morgan fingerprint density at radius 1 is 0.902 bits per heavy atom. The third-order valence-corrected chi connectivity index (χ3v) is 9.66. The Balaban J connectivity index is 1.65. The maximum atomic E-state index is 13.8. The van der Waals surface area contributed by atoms with Gasteiger partial charge in [0.15, 0.2) is 0 Å². The molecule has 0 aliphatic heterocycles. The van der Waals surface area contributed by atoms with Gasteiger partial charge in [-0.1, -0.05) is 54.6 Å². The second-order valence-electron chi connectivity index (χ2n) is 9.37.